The summed E-state index contributed by atoms with van der Waals surface area (Å²) in [6, 6.07) is 0. The van der Waals surface area contributed by atoms with E-state index >= 15 is 0 Å². The lowest BCUT2D eigenvalue weighted by Gasteiger charge is -2.06. The van der Waals surface area contributed by atoms with Gasteiger partial charge < -0.3 is 5.11 Å². The van der Waals surface area contributed by atoms with Crippen molar-refractivity contribution in [3.05, 3.63) is 12.4 Å². The molecule has 7 heteroatoms. The highest BCUT2D eigenvalue weighted by molar-refractivity contribution is 5.08. The molecule has 0 aliphatic rings. The molecular formula is C6H7F3N2O2. The summed E-state index contributed by atoms with van der Waals surface area (Å²) in [6.07, 6.45) is -2.28. The van der Waals surface area contributed by atoms with E-state index < -0.39 is 13.0 Å². The first-order chi connectivity index (χ1) is 5.97. The molecule has 4 nitrogen and oxygen atoms in total. The molecule has 0 atom stereocenters. The first-order valence-corrected chi connectivity index (χ1v) is 3.39. The molecule has 13 heavy (non-hydrogen) atoms. The minimum Gasteiger partial charge on any atom is -0.505 e. The number of hydrogen-bond acceptors (Lipinski definition) is 3. The summed E-state index contributed by atoms with van der Waals surface area (Å²) in [5, 5.41) is 12.3. The molecule has 0 bridgehead atoms. The fourth-order valence-corrected chi connectivity index (χ4v) is 0.730. The van der Waals surface area contributed by atoms with Gasteiger partial charge in [0.2, 0.25) is 0 Å². The van der Waals surface area contributed by atoms with Crippen LogP contribution in [0.3, 0.4) is 0 Å². The smallest absolute Gasteiger partial charge is 0.505 e. The lowest BCUT2D eigenvalue weighted by atomic mass is 10.6. The maximum Gasteiger partial charge on any atom is 0.522 e. The van der Waals surface area contributed by atoms with Crippen molar-refractivity contribution in [3.63, 3.8) is 0 Å². The molecule has 0 saturated carbocycles. The minimum absolute atomic E-state index is 0.0555. The van der Waals surface area contributed by atoms with E-state index in [1.165, 1.54) is 6.20 Å². The molecule has 1 N–H and O–H groups in total. The Kier molecular flexibility index (Phi) is 2.76. The molecule has 1 aromatic heterocycles. The SMILES string of the molecule is Oc1cnn(CCOC(F)(F)F)c1. The van der Waals surface area contributed by atoms with Crippen LogP contribution in [0, 0.1) is 0 Å². The van der Waals surface area contributed by atoms with Gasteiger partial charge in [0, 0.05) is 0 Å². The highest BCUT2D eigenvalue weighted by Crippen LogP contribution is 2.15. The van der Waals surface area contributed by atoms with E-state index in [0.29, 0.717) is 0 Å². The van der Waals surface area contributed by atoms with Crippen LogP contribution in [-0.2, 0) is 11.3 Å². The number of aromatic hydroxyl groups is 1. The third kappa shape index (κ3) is 3.79. The van der Waals surface area contributed by atoms with E-state index in [4.69, 9.17) is 5.11 Å². The van der Waals surface area contributed by atoms with E-state index in [-0.39, 0.29) is 12.3 Å². The zero-order chi connectivity index (χ0) is 9.90. The molecule has 0 aliphatic carbocycles. The van der Waals surface area contributed by atoms with E-state index in [1.807, 2.05) is 0 Å². The summed E-state index contributed by atoms with van der Waals surface area (Å²) in [4.78, 5) is 0. The number of alkyl halides is 3. The molecule has 0 saturated heterocycles. The number of halogens is 3. The van der Waals surface area contributed by atoms with E-state index in [9.17, 15) is 13.2 Å². The highest BCUT2D eigenvalue weighted by Gasteiger charge is 2.28. The van der Waals surface area contributed by atoms with Gasteiger partial charge in [-0.15, -0.1) is 13.2 Å². The van der Waals surface area contributed by atoms with Crippen LogP contribution in [0.15, 0.2) is 12.4 Å². The van der Waals surface area contributed by atoms with Crippen LogP contribution in [0.5, 0.6) is 5.75 Å². The van der Waals surface area contributed by atoms with Crippen LogP contribution < -0.4 is 0 Å². The van der Waals surface area contributed by atoms with Crippen molar-refractivity contribution >= 4 is 0 Å². The Morgan fingerprint density at radius 1 is 1.54 bits per heavy atom. The Balaban J connectivity index is 2.28. The second kappa shape index (κ2) is 3.65. The van der Waals surface area contributed by atoms with Crippen LogP contribution in [0.4, 0.5) is 13.2 Å². The van der Waals surface area contributed by atoms with Gasteiger partial charge in [0.05, 0.1) is 25.5 Å². The summed E-state index contributed by atoms with van der Waals surface area (Å²) in [6.45, 7) is -0.579. The van der Waals surface area contributed by atoms with E-state index in [0.717, 1.165) is 10.9 Å². The number of nitrogens with zero attached hydrogens (tertiary/aromatic N) is 2. The van der Waals surface area contributed by atoms with Gasteiger partial charge in [0.1, 0.15) is 0 Å². The third-order valence-corrected chi connectivity index (χ3v) is 1.21. The summed E-state index contributed by atoms with van der Waals surface area (Å²) >= 11 is 0. The quantitative estimate of drug-likeness (QED) is 0.788. The van der Waals surface area contributed by atoms with Gasteiger partial charge >= 0.3 is 6.36 Å². The molecule has 0 spiro atoms. The fraction of sp³-hybridized carbons (Fsp3) is 0.500. The topological polar surface area (TPSA) is 47.3 Å². The molecule has 1 rings (SSSR count). The maximum atomic E-state index is 11.5. The molecule has 0 amide bonds. The molecule has 1 heterocycles. The first-order valence-electron chi connectivity index (χ1n) is 3.39. The standard InChI is InChI=1S/C6H7F3N2O2/c7-6(8,9)13-2-1-11-4-5(12)3-10-11/h3-4,12H,1-2H2. The Morgan fingerprint density at radius 2 is 2.23 bits per heavy atom. The molecular weight excluding hydrogens is 189 g/mol. The fourth-order valence-electron chi connectivity index (χ4n) is 0.730. The number of aromatic nitrogens is 2. The predicted octanol–water partition coefficient (Wildman–Crippen LogP) is 1.13. The lowest BCUT2D eigenvalue weighted by molar-refractivity contribution is -0.325. The number of rotatable bonds is 3. The van der Waals surface area contributed by atoms with E-state index in [2.05, 4.69) is 9.84 Å². The van der Waals surface area contributed by atoms with Gasteiger partial charge in [-0.3, -0.25) is 9.42 Å². The Labute approximate surface area is 71.5 Å². The molecule has 1 aromatic rings. The average molecular weight is 196 g/mol. The Morgan fingerprint density at radius 3 is 2.69 bits per heavy atom. The number of ether oxygens (including phenoxy) is 1. The third-order valence-electron chi connectivity index (χ3n) is 1.21. The van der Waals surface area contributed by atoms with Crippen LogP contribution in [0.25, 0.3) is 0 Å². The summed E-state index contributed by atoms with van der Waals surface area (Å²) < 4.78 is 39.0. The summed E-state index contributed by atoms with van der Waals surface area (Å²) in [5.41, 5.74) is 0. The highest BCUT2D eigenvalue weighted by atomic mass is 19.4. The zero-order valence-corrected chi connectivity index (χ0v) is 6.45. The minimum atomic E-state index is -4.62. The van der Waals surface area contributed by atoms with Crippen molar-refractivity contribution < 1.29 is 23.0 Å². The summed E-state index contributed by atoms with van der Waals surface area (Å²) in [7, 11) is 0. The first kappa shape index (κ1) is 9.85. The van der Waals surface area contributed by atoms with Crippen molar-refractivity contribution in [2.45, 2.75) is 12.9 Å². The van der Waals surface area contributed by atoms with Crippen molar-refractivity contribution in [2.75, 3.05) is 6.61 Å². The second-order valence-corrected chi connectivity index (χ2v) is 2.26. The summed E-state index contributed by atoms with van der Waals surface area (Å²) in [5.74, 6) is -0.0907. The molecule has 74 valence electrons. The Bertz CT molecular complexity index is 271. The van der Waals surface area contributed by atoms with Crippen LogP contribution in [0.2, 0.25) is 0 Å². The number of hydrogen-bond donors (Lipinski definition) is 1. The van der Waals surface area contributed by atoms with Crippen LogP contribution >= 0.6 is 0 Å². The van der Waals surface area contributed by atoms with E-state index in [1.54, 1.807) is 0 Å². The van der Waals surface area contributed by atoms with Gasteiger partial charge in [-0.05, 0) is 0 Å². The van der Waals surface area contributed by atoms with Gasteiger partial charge in [0.25, 0.3) is 0 Å². The van der Waals surface area contributed by atoms with Crippen molar-refractivity contribution in [2.24, 2.45) is 0 Å². The molecule has 0 aromatic carbocycles. The maximum absolute atomic E-state index is 11.5. The normalized spacial score (nSPS) is 11.9. The molecule has 0 fully saturated rings. The second-order valence-electron chi connectivity index (χ2n) is 2.26. The monoisotopic (exact) mass is 196 g/mol. The zero-order valence-electron chi connectivity index (χ0n) is 6.45. The van der Waals surface area contributed by atoms with Crippen LogP contribution in [-0.4, -0.2) is 27.9 Å². The molecule has 0 radical (unpaired) electrons. The van der Waals surface area contributed by atoms with Crippen molar-refractivity contribution in [3.8, 4) is 5.75 Å². The van der Waals surface area contributed by atoms with Gasteiger partial charge in [0.15, 0.2) is 5.75 Å². The lowest BCUT2D eigenvalue weighted by Crippen LogP contribution is -2.17. The predicted molar refractivity (Wildman–Crippen MR) is 35.9 cm³/mol. The van der Waals surface area contributed by atoms with Crippen molar-refractivity contribution in [1.29, 1.82) is 0 Å². The molecule has 0 unspecified atom stereocenters. The largest absolute Gasteiger partial charge is 0.522 e. The average Bonchev–Trinajstić information content (AvgIpc) is 2.33. The van der Waals surface area contributed by atoms with Crippen LogP contribution in [0.1, 0.15) is 0 Å². The Hall–Kier alpha value is -1.24. The van der Waals surface area contributed by atoms with Gasteiger partial charge in [-0.25, -0.2) is 0 Å². The van der Waals surface area contributed by atoms with Crippen molar-refractivity contribution in [1.82, 2.24) is 9.78 Å². The van der Waals surface area contributed by atoms with Gasteiger partial charge in [-0.2, -0.15) is 5.10 Å². The van der Waals surface area contributed by atoms with Gasteiger partial charge in [-0.1, -0.05) is 0 Å². The molecule has 0 aliphatic heterocycles.